The van der Waals surface area contributed by atoms with Gasteiger partial charge in [0.25, 0.3) is 5.91 Å². The van der Waals surface area contributed by atoms with E-state index in [2.05, 4.69) is 10.6 Å². The maximum Gasteiger partial charge on any atom is 0.257 e. The van der Waals surface area contributed by atoms with Crippen molar-refractivity contribution in [3.05, 3.63) is 41.5 Å². The molecule has 2 amide bonds. The van der Waals surface area contributed by atoms with Gasteiger partial charge < -0.3 is 30.0 Å². The fourth-order valence-electron chi connectivity index (χ4n) is 2.58. The van der Waals surface area contributed by atoms with Crippen LogP contribution in [0.1, 0.15) is 29.3 Å². The summed E-state index contributed by atoms with van der Waals surface area (Å²) in [5.74, 6) is 0.521. The second kappa shape index (κ2) is 9.61. The van der Waals surface area contributed by atoms with Crippen molar-refractivity contribution >= 4 is 23.2 Å². The number of amides is 2. The van der Waals surface area contributed by atoms with Gasteiger partial charge in [-0.1, -0.05) is 13.0 Å². The molecule has 0 radical (unpaired) electrons. The third-order valence-electron chi connectivity index (χ3n) is 4.03. The summed E-state index contributed by atoms with van der Waals surface area (Å²) in [5.41, 5.74) is 1.59. The molecule has 0 spiro atoms. The van der Waals surface area contributed by atoms with Gasteiger partial charge >= 0.3 is 0 Å². The van der Waals surface area contributed by atoms with Crippen molar-refractivity contribution in [2.24, 2.45) is 0 Å². The summed E-state index contributed by atoms with van der Waals surface area (Å²) >= 11 is 0. The van der Waals surface area contributed by atoms with Crippen LogP contribution < -0.4 is 24.8 Å². The second-order valence-electron chi connectivity index (χ2n) is 5.81. The Kier molecular flexibility index (Phi) is 7.22. The monoisotopic (exact) mass is 388 g/mol. The van der Waals surface area contributed by atoms with Crippen molar-refractivity contribution in [3.63, 3.8) is 0 Å². The van der Waals surface area contributed by atoms with Gasteiger partial charge in [-0.25, -0.2) is 0 Å². The van der Waals surface area contributed by atoms with Gasteiger partial charge in [0.15, 0.2) is 11.5 Å². The Bertz CT molecular complexity index is 841. The zero-order valence-corrected chi connectivity index (χ0v) is 16.3. The molecular formula is C20H24N2O6. The van der Waals surface area contributed by atoms with E-state index in [4.69, 9.17) is 14.2 Å². The molecule has 0 aliphatic carbocycles. The van der Waals surface area contributed by atoms with Gasteiger partial charge in [0.05, 0.1) is 39.2 Å². The molecule has 2 aromatic carbocycles. The van der Waals surface area contributed by atoms with Crippen LogP contribution in [0, 0.1) is 0 Å². The fraction of sp³-hybridized carbons (Fsp3) is 0.300. The van der Waals surface area contributed by atoms with E-state index >= 15 is 0 Å². The van der Waals surface area contributed by atoms with Gasteiger partial charge in [-0.3, -0.25) is 9.59 Å². The molecule has 2 aromatic rings. The number of ether oxygens (including phenoxy) is 3. The van der Waals surface area contributed by atoms with E-state index in [9.17, 15) is 14.7 Å². The number of nitrogens with one attached hydrogen (secondary N) is 2. The molecule has 8 nitrogen and oxygen atoms in total. The van der Waals surface area contributed by atoms with Crippen molar-refractivity contribution in [2.75, 3.05) is 32.0 Å². The highest BCUT2D eigenvalue weighted by Gasteiger charge is 2.18. The zero-order valence-electron chi connectivity index (χ0n) is 16.3. The van der Waals surface area contributed by atoms with Gasteiger partial charge in [0.2, 0.25) is 11.7 Å². The molecule has 8 heteroatoms. The number of anilines is 2. The van der Waals surface area contributed by atoms with Crippen LogP contribution in [0.3, 0.4) is 0 Å². The van der Waals surface area contributed by atoms with E-state index in [0.29, 0.717) is 34.2 Å². The number of methoxy groups -OCH3 is 3. The van der Waals surface area contributed by atoms with Crippen molar-refractivity contribution < 1.29 is 28.9 Å². The molecule has 150 valence electrons. The lowest BCUT2D eigenvalue weighted by molar-refractivity contribution is -0.115. The Morgan fingerprint density at radius 2 is 1.61 bits per heavy atom. The predicted octanol–water partition coefficient (Wildman–Crippen LogP) is 2.81. The van der Waals surface area contributed by atoms with Gasteiger partial charge in [0, 0.05) is 24.2 Å². The van der Waals surface area contributed by atoms with E-state index in [0.717, 1.165) is 0 Å². The third kappa shape index (κ3) is 4.72. The minimum atomic E-state index is -0.440. The van der Waals surface area contributed by atoms with Gasteiger partial charge in [-0.15, -0.1) is 0 Å². The molecule has 0 saturated carbocycles. The highest BCUT2D eigenvalue weighted by Crippen LogP contribution is 2.40. The summed E-state index contributed by atoms with van der Waals surface area (Å²) in [6, 6.07) is 7.94. The minimum Gasteiger partial charge on any atom is -0.493 e. The van der Waals surface area contributed by atoms with E-state index < -0.39 is 5.91 Å². The molecular weight excluding hydrogens is 364 g/mol. The summed E-state index contributed by atoms with van der Waals surface area (Å²) in [5, 5.41) is 14.8. The van der Waals surface area contributed by atoms with Crippen LogP contribution in [-0.2, 0) is 11.4 Å². The first kappa shape index (κ1) is 21.0. The number of rotatable bonds is 8. The molecule has 0 saturated heterocycles. The smallest absolute Gasteiger partial charge is 0.257 e. The number of benzene rings is 2. The highest BCUT2D eigenvalue weighted by molar-refractivity contribution is 6.10. The number of carbonyl (C=O) groups excluding carboxylic acids is 2. The van der Waals surface area contributed by atoms with Crippen LogP contribution in [0.5, 0.6) is 17.2 Å². The van der Waals surface area contributed by atoms with Crippen LogP contribution in [0.25, 0.3) is 0 Å². The third-order valence-corrected chi connectivity index (χ3v) is 4.03. The summed E-state index contributed by atoms with van der Waals surface area (Å²) in [4.78, 5) is 24.6. The Morgan fingerprint density at radius 3 is 2.11 bits per heavy atom. The summed E-state index contributed by atoms with van der Waals surface area (Å²) in [6.45, 7) is 1.50. The summed E-state index contributed by atoms with van der Waals surface area (Å²) < 4.78 is 15.8. The molecule has 3 N–H and O–H groups in total. The Labute approximate surface area is 163 Å². The van der Waals surface area contributed by atoms with Gasteiger partial charge in [0.1, 0.15) is 0 Å². The molecule has 0 atom stereocenters. The molecule has 0 unspecified atom stereocenters. The van der Waals surface area contributed by atoms with Crippen LogP contribution in [0.15, 0.2) is 30.3 Å². The largest absolute Gasteiger partial charge is 0.493 e. The first-order valence-electron chi connectivity index (χ1n) is 8.62. The average molecular weight is 388 g/mol. The Hall–Kier alpha value is -3.26. The van der Waals surface area contributed by atoms with Crippen molar-refractivity contribution in [2.45, 2.75) is 20.0 Å². The summed E-state index contributed by atoms with van der Waals surface area (Å²) in [7, 11) is 4.45. The van der Waals surface area contributed by atoms with E-state index in [-0.39, 0.29) is 24.5 Å². The van der Waals surface area contributed by atoms with Crippen molar-refractivity contribution in [1.29, 1.82) is 0 Å². The quantitative estimate of drug-likeness (QED) is 0.642. The van der Waals surface area contributed by atoms with E-state index in [1.165, 1.54) is 21.3 Å². The molecule has 0 aliphatic heterocycles. The molecule has 0 aromatic heterocycles. The van der Waals surface area contributed by atoms with Crippen molar-refractivity contribution in [1.82, 2.24) is 0 Å². The maximum atomic E-state index is 12.8. The van der Waals surface area contributed by atoms with Crippen LogP contribution >= 0.6 is 0 Å². The number of aliphatic hydroxyl groups excluding tert-OH is 1. The standard InChI is InChI=1S/C20H24N2O6/c1-5-18(24)22-15-8-12(11-23)6-7-14(15)20(25)21-13-9-16(26-2)19(28-4)17(10-13)27-3/h6-10,23H,5,11H2,1-4H3,(H,21,25)(H,22,24). The first-order chi connectivity index (χ1) is 13.5. The van der Waals surface area contributed by atoms with Gasteiger partial charge in [-0.2, -0.15) is 0 Å². The first-order valence-corrected chi connectivity index (χ1v) is 8.62. The number of carbonyl (C=O) groups is 2. The molecule has 0 heterocycles. The molecule has 0 fully saturated rings. The zero-order chi connectivity index (χ0) is 20.7. The van der Waals surface area contributed by atoms with Crippen molar-refractivity contribution in [3.8, 4) is 17.2 Å². The molecule has 2 rings (SSSR count). The minimum absolute atomic E-state index is 0.205. The van der Waals surface area contributed by atoms with Crippen LogP contribution in [0.4, 0.5) is 11.4 Å². The molecule has 0 bridgehead atoms. The normalized spacial score (nSPS) is 10.2. The number of hydrogen-bond donors (Lipinski definition) is 3. The van der Waals surface area contributed by atoms with Crippen LogP contribution in [0.2, 0.25) is 0 Å². The second-order valence-corrected chi connectivity index (χ2v) is 5.81. The Morgan fingerprint density at radius 1 is 0.964 bits per heavy atom. The lowest BCUT2D eigenvalue weighted by Gasteiger charge is -2.16. The predicted molar refractivity (Wildman–Crippen MR) is 105 cm³/mol. The molecule has 28 heavy (non-hydrogen) atoms. The number of hydrogen-bond acceptors (Lipinski definition) is 6. The highest BCUT2D eigenvalue weighted by atomic mass is 16.5. The Balaban J connectivity index is 2.38. The van der Waals surface area contributed by atoms with Crippen LogP contribution in [-0.4, -0.2) is 38.3 Å². The number of aliphatic hydroxyl groups is 1. The van der Waals surface area contributed by atoms with Gasteiger partial charge in [-0.05, 0) is 17.7 Å². The molecule has 0 aliphatic rings. The average Bonchev–Trinajstić information content (AvgIpc) is 2.72. The summed E-state index contributed by atoms with van der Waals surface area (Å²) in [6.07, 6.45) is 0.261. The van der Waals surface area contributed by atoms with E-state index in [1.807, 2.05) is 0 Å². The fourth-order valence-corrected chi connectivity index (χ4v) is 2.58. The topological polar surface area (TPSA) is 106 Å². The maximum absolute atomic E-state index is 12.8. The lowest BCUT2D eigenvalue weighted by Crippen LogP contribution is -2.18. The SMILES string of the molecule is CCC(=O)Nc1cc(CO)ccc1C(=O)Nc1cc(OC)c(OC)c(OC)c1. The lowest BCUT2D eigenvalue weighted by atomic mass is 10.1. The van der Waals surface area contributed by atoms with E-state index in [1.54, 1.807) is 37.3 Å².